The molecule has 5 nitrogen and oxygen atoms in total. The van der Waals surface area contributed by atoms with E-state index in [4.69, 9.17) is 4.74 Å². The van der Waals surface area contributed by atoms with Gasteiger partial charge in [0.05, 0.1) is 7.11 Å². The van der Waals surface area contributed by atoms with Crippen LogP contribution < -0.4 is 0 Å². The molecule has 6 heteroatoms. The summed E-state index contributed by atoms with van der Waals surface area (Å²) in [6.45, 7) is 3.89. The zero-order chi connectivity index (χ0) is 16.2. The van der Waals surface area contributed by atoms with E-state index >= 15 is 0 Å². The monoisotopic (exact) mass is 333 g/mol. The van der Waals surface area contributed by atoms with E-state index in [0.29, 0.717) is 6.04 Å². The molecule has 2 aromatic rings. The van der Waals surface area contributed by atoms with Gasteiger partial charge >= 0.3 is 5.97 Å². The Bertz CT molecular complexity index is 638. The number of esters is 1. The molecule has 0 aliphatic carbocycles. The van der Waals surface area contributed by atoms with Crippen LogP contribution in [0.25, 0.3) is 0 Å². The molecule has 0 amide bonds. The third-order valence-electron chi connectivity index (χ3n) is 4.53. The molecule has 2 atom stereocenters. The maximum absolute atomic E-state index is 12.3. The first-order valence-electron chi connectivity index (χ1n) is 8.10. The lowest BCUT2D eigenvalue weighted by molar-refractivity contribution is -0.148. The molecule has 1 fully saturated rings. The number of carbonyl (C=O) groups excluding carboxylic acids is 1. The number of thiophene rings is 1. The van der Waals surface area contributed by atoms with Crippen LogP contribution in [-0.2, 0) is 16.0 Å². The average Bonchev–Trinajstić information content (AvgIpc) is 3.26. The van der Waals surface area contributed by atoms with Crippen molar-refractivity contribution < 1.29 is 9.53 Å². The lowest BCUT2D eigenvalue weighted by atomic mass is 10.0. The minimum atomic E-state index is -0.303. The normalized spacial score (nSPS) is 20.3. The quantitative estimate of drug-likeness (QED) is 0.789. The third kappa shape index (κ3) is 3.33. The van der Waals surface area contributed by atoms with E-state index in [9.17, 15) is 4.79 Å². The second-order valence-electron chi connectivity index (χ2n) is 5.88. The Morgan fingerprint density at radius 2 is 2.43 bits per heavy atom. The SMILES string of the molecule is CCc1nccn1[C@@H]1CCCN([C@@H](C(=O)OC)c2ccsc2)C1. The number of hydrogen-bond acceptors (Lipinski definition) is 5. The number of hydrogen-bond donors (Lipinski definition) is 0. The molecular weight excluding hydrogens is 310 g/mol. The average molecular weight is 333 g/mol. The summed E-state index contributed by atoms with van der Waals surface area (Å²) >= 11 is 1.61. The minimum absolute atomic E-state index is 0.176. The highest BCUT2D eigenvalue weighted by atomic mass is 32.1. The summed E-state index contributed by atoms with van der Waals surface area (Å²) in [6.07, 6.45) is 7.05. The zero-order valence-electron chi connectivity index (χ0n) is 13.6. The molecule has 0 aromatic carbocycles. The van der Waals surface area contributed by atoms with Crippen molar-refractivity contribution in [1.82, 2.24) is 14.5 Å². The fourth-order valence-electron chi connectivity index (χ4n) is 3.43. The van der Waals surface area contributed by atoms with E-state index in [-0.39, 0.29) is 12.0 Å². The van der Waals surface area contributed by atoms with Crippen LogP contribution in [-0.4, -0.2) is 40.6 Å². The van der Waals surface area contributed by atoms with E-state index in [2.05, 4.69) is 27.6 Å². The van der Waals surface area contributed by atoms with E-state index in [0.717, 1.165) is 43.7 Å². The van der Waals surface area contributed by atoms with Crippen LogP contribution in [0.15, 0.2) is 29.2 Å². The van der Waals surface area contributed by atoms with Gasteiger partial charge in [-0.1, -0.05) is 6.92 Å². The fraction of sp³-hybridized carbons (Fsp3) is 0.529. The number of carbonyl (C=O) groups is 1. The van der Waals surface area contributed by atoms with E-state index in [1.54, 1.807) is 11.3 Å². The first kappa shape index (κ1) is 16.2. The Kier molecular flexibility index (Phi) is 5.13. The third-order valence-corrected chi connectivity index (χ3v) is 5.24. The van der Waals surface area contributed by atoms with Crippen LogP contribution in [0.5, 0.6) is 0 Å². The molecule has 1 aliphatic heterocycles. The summed E-state index contributed by atoms with van der Waals surface area (Å²) in [7, 11) is 1.47. The zero-order valence-corrected chi connectivity index (χ0v) is 14.5. The molecule has 0 radical (unpaired) electrons. The molecule has 1 saturated heterocycles. The Morgan fingerprint density at radius 3 is 3.13 bits per heavy atom. The minimum Gasteiger partial charge on any atom is -0.468 e. The largest absolute Gasteiger partial charge is 0.468 e. The molecule has 2 aromatic heterocycles. The van der Waals surface area contributed by atoms with Crippen molar-refractivity contribution >= 4 is 17.3 Å². The van der Waals surface area contributed by atoms with Crippen molar-refractivity contribution in [1.29, 1.82) is 0 Å². The molecule has 23 heavy (non-hydrogen) atoms. The lowest BCUT2D eigenvalue weighted by Crippen LogP contribution is -2.42. The van der Waals surface area contributed by atoms with Crippen molar-refractivity contribution in [2.75, 3.05) is 20.2 Å². The van der Waals surface area contributed by atoms with Crippen LogP contribution in [0.4, 0.5) is 0 Å². The second-order valence-corrected chi connectivity index (χ2v) is 6.66. The summed E-state index contributed by atoms with van der Waals surface area (Å²) in [5.74, 6) is 0.937. The molecule has 0 saturated carbocycles. The topological polar surface area (TPSA) is 47.4 Å². The predicted molar refractivity (Wildman–Crippen MR) is 90.5 cm³/mol. The Morgan fingerprint density at radius 1 is 1.57 bits per heavy atom. The van der Waals surface area contributed by atoms with Crippen LogP contribution >= 0.6 is 11.3 Å². The van der Waals surface area contributed by atoms with Gasteiger partial charge in [-0.25, -0.2) is 9.78 Å². The Balaban J connectivity index is 1.82. The summed E-state index contributed by atoms with van der Waals surface area (Å²) in [5, 5.41) is 4.05. The number of likely N-dealkylation sites (tertiary alicyclic amines) is 1. The van der Waals surface area contributed by atoms with E-state index < -0.39 is 0 Å². The van der Waals surface area contributed by atoms with Gasteiger partial charge in [0.2, 0.25) is 0 Å². The molecule has 0 bridgehead atoms. The van der Waals surface area contributed by atoms with Crippen LogP contribution in [0.2, 0.25) is 0 Å². The van der Waals surface area contributed by atoms with Gasteiger partial charge in [0, 0.05) is 31.4 Å². The number of methoxy groups -OCH3 is 1. The number of aryl methyl sites for hydroxylation is 1. The molecule has 124 valence electrons. The van der Waals surface area contributed by atoms with Crippen molar-refractivity contribution in [2.45, 2.75) is 38.3 Å². The van der Waals surface area contributed by atoms with Gasteiger partial charge in [0.25, 0.3) is 0 Å². The fourth-order valence-corrected chi connectivity index (χ4v) is 4.11. The number of piperidine rings is 1. The van der Waals surface area contributed by atoms with Crippen molar-refractivity contribution in [3.05, 3.63) is 40.6 Å². The smallest absolute Gasteiger partial charge is 0.327 e. The summed E-state index contributed by atoms with van der Waals surface area (Å²) in [4.78, 5) is 19.0. The molecule has 0 unspecified atom stereocenters. The first-order valence-corrected chi connectivity index (χ1v) is 9.04. The number of imidazole rings is 1. The first-order chi connectivity index (χ1) is 11.2. The molecule has 0 spiro atoms. The van der Waals surface area contributed by atoms with Gasteiger partial charge in [-0.15, -0.1) is 0 Å². The van der Waals surface area contributed by atoms with Gasteiger partial charge in [0.15, 0.2) is 0 Å². The number of nitrogens with zero attached hydrogens (tertiary/aromatic N) is 3. The standard InChI is InChI=1S/C17H23N3O2S/c1-3-15-18-7-9-20(15)14-5-4-8-19(11-14)16(17(21)22-2)13-6-10-23-12-13/h6-7,9-10,12,14,16H,3-5,8,11H2,1-2H3/t14-,16-/m1/s1. The lowest BCUT2D eigenvalue weighted by Gasteiger charge is -2.37. The molecule has 1 aliphatic rings. The van der Waals surface area contributed by atoms with Gasteiger partial charge < -0.3 is 9.30 Å². The molecule has 3 heterocycles. The molecular formula is C17H23N3O2S. The van der Waals surface area contributed by atoms with E-state index in [1.165, 1.54) is 7.11 Å². The van der Waals surface area contributed by atoms with Crippen molar-refractivity contribution in [2.24, 2.45) is 0 Å². The maximum atomic E-state index is 12.3. The molecule has 0 N–H and O–H groups in total. The van der Waals surface area contributed by atoms with Gasteiger partial charge in [0.1, 0.15) is 11.9 Å². The van der Waals surface area contributed by atoms with Crippen molar-refractivity contribution in [3.8, 4) is 0 Å². The highest BCUT2D eigenvalue weighted by Crippen LogP contribution is 2.31. The van der Waals surface area contributed by atoms with Crippen LogP contribution in [0, 0.1) is 0 Å². The van der Waals surface area contributed by atoms with E-state index in [1.807, 2.05) is 23.0 Å². The van der Waals surface area contributed by atoms with Gasteiger partial charge in [-0.3, -0.25) is 4.90 Å². The summed E-state index contributed by atoms with van der Waals surface area (Å²) in [5.41, 5.74) is 1.03. The summed E-state index contributed by atoms with van der Waals surface area (Å²) in [6, 6.07) is 2.08. The highest BCUT2D eigenvalue weighted by molar-refractivity contribution is 7.08. The number of aromatic nitrogens is 2. The van der Waals surface area contributed by atoms with Crippen molar-refractivity contribution in [3.63, 3.8) is 0 Å². The maximum Gasteiger partial charge on any atom is 0.327 e. The van der Waals surface area contributed by atoms with Gasteiger partial charge in [-0.05, 0) is 41.8 Å². The molecule has 3 rings (SSSR count). The Labute approximate surface area is 140 Å². The second kappa shape index (κ2) is 7.27. The van der Waals surface area contributed by atoms with Gasteiger partial charge in [-0.2, -0.15) is 11.3 Å². The Hall–Kier alpha value is -1.66. The van der Waals surface area contributed by atoms with Crippen LogP contribution in [0.3, 0.4) is 0 Å². The van der Waals surface area contributed by atoms with Crippen LogP contribution in [0.1, 0.15) is 43.2 Å². The summed E-state index contributed by atoms with van der Waals surface area (Å²) < 4.78 is 7.34. The number of rotatable bonds is 5. The number of ether oxygens (including phenoxy) is 1. The predicted octanol–water partition coefficient (Wildman–Crippen LogP) is 3.06. The highest BCUT2D eigenvalue weighted by Gasteiger charge is 2.33.